The molecule has 0 radical (unpaired) electrons. The van der Waals surface area contributed by atoms with E-state index in [2.05, 4.69) is 71.1 Å². The molecule has 19 heavy (non-hydrogen) atoms. The lowest BCUT2D eigenvalue weighted by molar-refractivity contribution is 0.399. The molecule has 0 saturated carbocycles. The molecule has 2 unspecified atom stereocenters. The zero-order valence-corrected chi connectivity index (χ0v) is 14.3. The number of hydrogen-bond donors (Lipinski definition) is 1. The van der Waals surface area contributed by atoms with E-state index in [0.717, 1.165) is 13.0 Å². The Morgan fingerprint density at radius 3 is 2.95 bits per heavy atom. The molecule has 0 bridgehead atoms. The van der Waals surface area contributed by atoms with Gasteiger partial charge in [-0.3, -0.25) is 0 Å². The van der Waals surface area contributed by atoms with Gasteiger partial charge in [0.1, 0.15) is 0 Å². The summed E-state index contributed by atoms with van der Waals surface area (Å²) in [4.78, 5) is 0. The predicted octanol–water partition coefficient (Wildman–Crippen LogP) is 4.65. The van der Waals surface area contributed by atoms with Gasteiger partial charge >= 0.3 is 0 Å². The second kappa shape index (κ2) is 7.14. The minimum Gasteiger partial charge on any atom is -0.312 e. The van der Waals surface area contributed by atoms with E-state index in [4.69, 9.17) is 0 Å². The van der Waals surface area contributed by atoms with Gasteiger partial charge < -0.3 is 5.32 Å². The fourth-order valence-corrected chi connectivity index (χ4v) is 4.66. The number of hydrogen-bond acceptors (Lipinski definition) is 2. The first kappa shape index (κ1) is 15.4. The normalized spacial score (nSPS) is 24.6. The summed E-state index contributed by atoms with van der Waals surface area (Å²) in [5.74, 6) is 1.32. The molecule has 1 saturated heterocycles. The highest BCUT2D eigenvalue weighted by Crippen LogP contribution is 2.41. The molecule has 1 nitrogen and oxygen atoms in total. The summed E-state index contributed by atoms with van der Waals surface area (Å²) < 4.78 is 1.58. The molecular weight excluding hydrogens is 318 g/mol. The van der Waals surface area contributed by atoms with Gasteiger partial charge in [0.15, 0.2) is 0 Å². The third-order valence-electron chi connectivity index (χ3n) is 3.96. The molecule has 1 fully saturated rings. The van der Waals surface area contributed by atoms with E-state index in [1.54, 1.807) is 0 Å². The number of nitrogens with one attached hydrogen (secondary N) is 1. The van der Waals surface area contributed by atoms with Crippen molar-refractivity contribution in [2.45, 2.75) is 50.3 Å². The molecule has 0 aliphatic carbocycles. The SMILES string of the molecule is CCCNC(Cc1cccc(Br)c1)C1(C)CCCS1. The average molecular weight is 342 g/mol. The van der Waals surface area contributed by atoms with Crippen LogP contribution in [0.3, 0.4) is 0 Å². The summed E-state index contributed by atoms with van der Waals surface area (Å²) in [6, 6.07) is 9.32. The molecule has 1 aliphatic rings. The maximum Gasteiger partial charge on any atom is 0.0288 e. The quantitative estimate of drug-likeness (QED) is 0.808. The second-order valence-corrected chi connectivity index (χ2v) is 8.15. The lowest BCUT2D eigenvalue weighted by atomic mass is 9.90. The van der Waals surface area contributed by atoms with Crippen LogP contribution in [0.4, 0.5) is 0 Å². The van der Waals surface area contributed by atoms with Gasteiger partial charge in [-0.05, 0) is 62.6 Å². The number of thioether (sulfide) groups is 1. The van der Waals surface area contributed by atoms with E-state index in [1.807, 2.05) is 0 Å². The van der Waals surface area contributed by atoms with Crippen molar-refractivity contribution in [3.05, 3.63) is 34.3 Å². The third-order valence-corrected chi connectivity index (χ3v) is 6.09. The fourth-order valence-electron chi connectivity index (χ4n) is 2.80. The van der Waals surface area contributed by atoms with Crippen molar-refractivity contribution in [1.82, 2.24) is 5.32 Å². The molecule has 106 valence electrons. The largest absolute Gasteiger partial charge is 0.312 e. The molecule has 2 rings (SSSR count). The minimum atomic E-state index is 0.400. The third kappa shape index (κ3) is 4.24. The summed E-state index contributed by atoms with van der Waals surface area (Å²) in [5.41, 5.74) is 1.43. The Hall–Kier alpha value is 0.01000. The molecular formula is C16H24BrNS. The van der Waals surface area contributed by atoms with E-state index in [0.29, 0.717) is 10.8 Å². The van der Waals surface area contributed by atoms with Crippen LogP contribution in [0.5, 0.6) is 0 Å². The van der Waals surface area contributed by atoms with Crippen LogP contribution in [0, 0.1) is 0 Å². The summed E-state index contributed by atoms with van der Waals surface area (Å²) in [6.07, 6.45) is 5.04. The Labute approximate surface area is 130 Å². The lowest BCUT2D eigenvalue weighted by Crippen LogP contribution is -2.47. The molecule has 0 spiro atoms. The van der Waals surface area contributed by atoms with Crippen molar-refractivity contribution in [2.24, 2.45) is 0 Å². The first-order valence-electron chi connectivity index (χ1n) is 7.26. The summed E-state index contributed by atoms with van der Waals surface area (Å²) in [5, 5.41) is 3.78. The molecule has 1 aromatic carbocycles. The van der Waals surface area contributed by atoms with Crippen molar-refractivity contribution < 1.29 is 0 Å². The van der Waals surface area contributed by atoms with Gasteiger partial charge in [-0.15, -0.1) is 0 Å². The van der Waals surface area contributed by atoms with Crippen LogP contribution in [0.1, 0.15) is 38.7 Å². The fraction of sp³-hybridized carbons (Fsp3) is 0.625. The smallest absolute Gasteiger partial charge is 0.0288 e. The number of rotatable bonds is 6. The predicted molar refractivity (Wildman–Crippen MR) is 90.0 cm³/mol. The van der Waals surface area contributed by atoms with Gasteiger partial charge in [-0.2, -0.15) is 11.8 Å². The molecule has 1 aromatic rings. The van der Waals surface area contributed by atoms with Crippen LogP contribution in [-0.4, -0.2) is 23.1 Å². The topological polar surface area (TPSA) is 12.0 Å². The number of benzene rings is 1. The Kier molecular flexibility index (Phi) is 5.79. The Morgan fingerprint density at radius 1 is 1.47 bits per heavy atom. The summed E-state index contributed by atoms with van der Waals surface area (Å²) >= 11 is 5.73. The van der Waals surface area contributed by atoms with Crippen LogP contribution in [0.2, 0.25) is 0 Å². The Morgan fingerprint density at radius 2 is 2.32 bits per heavy atom. The van der Waals surface area contributed by atoms with Crippen LogP contribution < -0.4 is 5.32 Å². The second-order valence-electron chi connectivity index (χ2n) is 5.61. The minimum absolute atomic E-state index is 0.400. The van der Waals surface area contributed by atoms with E-state index in [9.17, 15) is 0 Å². The molecule has 1 N–H and O–H groups in total. The molecule has 0 amide bonds. The molecule has 1 aliphatic heterocycles. The highest BCUT2D eigenvalue weighted by molar-refractivity contribution is 9.10. The van der Waals surface area contributed by atoms with Gasteiger partial charge in [-0.25, -0.2) is 0 Å². The maximum atomic E-state index is 3.78. The Balaban J connectivity index is 2.09. The highest BCUT2D eigenvalue weighted by Gasteiger charge is 2.37. The molecule has 2 atom stereocenters. The molecule has 1 heterocycles. The van der Waals surface area contributed by atoms with Crippen LogP contribution in [0.25, 0.3) is 0 Å². The van der Waals surface area contributed by atoms with Crippen LogP contribution in [-0.2, 0) is 6.42 Å². The van der Waals surface area contributed by atoms with Crippen molar-refractivity contribution in [3.63, 3.8) is 0 Å². The lowest BCUT2D eigenvalue weighted by Gasteiger charge is -2.34. The van der Waals surface area contributed by atoms with Crippen molar-refractivity contribution in [3.8, 4) is 0 Å². The summed E-state index contributed by atoms with van der Waals surface area (Å²) in [7, 11) is 0. The van der Waals surface area contributed by atoms with Crippen molar-refractivity contribution >= 4 is 27.7 Å². The number of halogens is 1. The first-order chi connectivity index (χ1) is 9.14. The zero-order valence-electron chi connectivity index (χ0n) is 11.9. The van der Waals surface area contributed by atoms with Gasteiger partial charge in [0.25, 0.3) is 0 Å². The average Bonchev–Trinajstić information content (AvgIpc) is 2.82. The van der Waals surface area contributed by atoms with Gasteiger partial charge in [0.05, 0.1) is 0 Å². The molecule has 0 aromatic heterocycles. The van der Waals surface area contributed by atoms with Gasteiger partial charge in [0.2, 0.25) is 0 Å². The van der Waals surface area contributed by atoms with Crippen molar-refractivity contribution in [1.29, 1.82) is 0 Å². The highest BCUT2D eigenvalue weighted by atomic mass is 79.9. The monoisotopic (exact) mass is 341 g/mol. The van der Waals surface area contributed by atoms with Gasteiger partial charge in [0, 0.05) is 15.3 Å². The van der Waals surface area contributed by atoms with E-state index < -0.39 is 0 Å². The van der Waals surface area contributed by atoms with Gasteiger partial charge in [-0.1, -0.05) is 35.0 Å². The Bertz CT molecular complexity index is 401. The van der Waals surface area contributed by atoms with E-state index >= 15 is 0 Å². The van der Waals surface area contributed by atoms with Crippen molar-refractivity contribution in [2.75, 3.05) is 12.3 Å². The summed E-state index contributed by atoms with van der Waals surface area (Å²) in [6.45, 7) is 5.80. The van der Waals surface area contributed by atoms with Crippen LogP contribution in [0.15, 0.2) is 28.7 Å². The van der Waals surface area contributed by atoms with E-state index in [-0.39, 0.29) is 0 Å². The van der Waals surface area contributed by atoms with Crippen LogP contribution >= 0.6 is 27.7 Å². The molecule has 3 heteroatoms. The first-order valence-corrected chi connectivity index (χ1v) is 9.04. The standard InChI is InChI=1S/C16H24BrNS/c1-3-9-18-15(16(2)8-5-10-19-16)12-13-6-4-7-14(17)11-13/h4,6-7,11,15,18H,3,5,8-10,12H2,1-2H3. The van der Waals surface area contributed by atoms with E-state index in [1.165, 1.54) is 35.1 Å². The zero-order chi connectivity index (χ0) is 13.7. The maximum absolute atomic E-state index is 3.78.